The summed E-state index contributed by atoms with van der Waals surface area (Å²) in [5.41, 5.74) is 0.695. The lowest BCUT2D eigenvalue weighted by Crippen LogP contribution is -2.24. The summed E-state index contributed by atoms with van der Waals surface area (Å²) in [7, 11) is 0. The van der Waals surface area contributed by atoms with Crippen molar-refractivity contribution in [2.45, 2.75) is 19.3 Å². The Kier molecular flexibility index (Phi) is 3.05. The highest BCUT2D eigenvalue weighted by Crippen LogP contribution is 2.21. The molecule has 0 amide bonds. The minimum Gasteiger partial charge on any atom is -0.272 e. The van der Waals surface area contributed by atoms with Crippen LogP contribution in [0.2, 0.25) is 0 Å². The number of rotatable bonds is 2. The van der Waals surface area contributed by atoms with Crippen molar-refractivity contribution in [3.63, 3.8) is 0 Å². The molecule has 1 unspecified atom stereocenters. The zero-order valence-electron chi connectivity index (χ0n) is 10.4. The van der Waals surface area contributed by atoms with Gasteiger partial charge in [-0.25, -0.2) is 15.0 Å². The van der Waals surface area contributed by atoms with Gasteiger partial charge in [0.15, 0.2) is 0 Å². The molecule has 0 aromatic carbocycles. The predicted molar refractivity (Wildman–Crippen MR) is 71.1 cm³/mol. The summed E-state index contributed by atoms with van der Waals surface area (Å²) in [6.45, 7) is 2.62. The van der Waals surface area contributed by atoms with E-state index in [0.717, 1.165) is 28.0 Å². The van der Waals surface area contributed by atoms with Gasteiger partial charge >= 0.3 is 0 Å². The van der Waals surface area contributed by atoms with E-state index < -0.39 is 5.92 Å². The highest BCUT2D eigenvalue weighted by atomic mass is 32.1. The van der Waals surface area contributed by atoms with E-state index >= 15 is 0 Å². The van der Waals surface area contributed by atoms with Gasteiger partial charge in [0.05, 0.1) is 17.1 Å². The molecule has 0 radical (unpaired) electrons. The normalized spacial score (nSPS) is 14.7. The summed E-state index contributed by atoms with van der Waals surface area (Å²) in [6.07, 6.45) is 4.66. The molecule has 6 heteroatoms. The molecule has 3 heterocycles. The zero-order valence-corrected chi connectivity index (χ0v) is 11.2. The molecule has 2 aromatic rings. The molecule has 3 rings (SSSR count). The molecule has 0 aliphatic carbocycles. The third kappa shape index (κ3) is 2.25. The molecular weight excluding hydrogens is 258 g/mol. The van der Waals surface area contributed by atoms with E-state index in [-0.39, 0.29) is 0 Å². The van der Waals surface area contributed by atoms with Crippen LogP contribution in [0.15, 0.2) is 17.3 Å². The van der Waals surface area contributed by atoms with Crippen molar-refractivity contribution in [1.29, 1.82) is 5.26 Å². The fourth-order valence-corrected chi connectivity index (χ4v) is 2.98. The third-order valence-corrected chi connectivity index (χ3v) is 3.91. The number of fused-ring (bicyclic) bond motifs is 1. The van der Waals surface area contributed by atoms with Crippen LogP contribution in [0.3, 0.4) is 0 Å². The van der Waals surface area contributed by atoms with Gasteiger partial charge in [0.2, 0.25) is 0 Å². The van der Waals surface area contributed by atoms with E-state index in [1.54, 1.807) is 12.3 Å². The van der Waals surface area contributed by atoms with Gasteiger partial charge in [-0.15, -0.1) is 0 Å². The van der Waals surface area contributed by atoms with Crippen LogP contribution in [0, 0.1) is 18.3 Å². The average Bonchev–Trinajstić information content (AvgIpc) is 2.83. The molecule has 1 aliphatic heterocycles. The Balaban J connectivity index is 2.09. The number of nitrogens with zero attached hydrogens (tertiary/aromatic N) is 5. The maximum absolute atomic E-state index is 9.40. The molecule has 0 saturated heterocycles. The zero-order chi connectivity index (χ0) is 13.2. The van der Waals surface area contributed by atoms with Crippen molar-refractivity contribution in [3.05, 3.63) is 38.8 Å². The third-order valence-electron chi connectivity index (χ3n) is 2.84. The molecular formula is C13H11N5S. The Morgan fingerprint density at radius 2 is 2.32 bits per heavy atom. The maximum Gasteiger partial charge on any atom is 0.140 e. The van der Waals surface area contributed by atoms with Gasteiger partial charge in [0.25, 0.3) is 0 Å². The average molecular weight is 269 g/mol. The SMILES string of the molecule is Cc1nccc(C(C#N)c2nc3c(s2)=NCCC=3)n1. The summed E-state index contributed by atoms with van der Waals surface area (Å²) in [5.74, 6) is 0.219. The van der Waals surface area contributed by atoms with Crippen molar-refractivity contribution < 1.29 is 0 Å². The van der Waals surface area contributed by atoms with E-state index in [2.05, 4.69) is 32.1 Å². The first kappa shape index (κ1) is 11.9. The number of thiazole rings is 1. The van der Waals surface area contributed by atoms with Gasteiger partial charge in [0, 0.05) is 12.7 Å². The highest BCUT2D eigenvalue weighted by Gasteiger charge is 2.19. The Labute approximate surface area is 114 Å². The summed E-state index contributed by atoms with van der Waals surface area (Å²) >= 11 is 1.48. The lowest BCUT2D eigenvalue weighted by Gasteiger charge is -2.04. The first-order chi connectivity index (χ1) is 9.28. The van der Waals surface area contributed by atoms with E-state index in [1.807, 2.05) is 6.92 Å². The van der Waals surface area contributed by atoms with E-state index in [1.165, 1.54) is 11.3 Å². The van der Waals surface area contributed by atoms with Gasteiger partial charge in [-0.05, 0) is 19.4 Å². The van der Waals surface area contributed by atoms with Crippen molar-refractivity contribution in [2.24, 2.45) is 4.99 Å². The number of hydrogen-bond donors (Lipinski definition) is 0. The summed E-state index contributed by atoms with van der Waals surface area (Å²) in [6, 6.07) is 4.04. The molecule has 0 spiro atoms. The van der Waals surface area contributed by atoms with Crippen LogP contribution in [0.1, 0.15) is 28.9 Å². The number of aromatic nitrogens is 3. The molecule has 1 atom stereocenters. The predicted octanol–water partition coefficient (Wildman–Crippen LogP) is 0.701. The van der Waals surface area contributed by atoms with Crippen LogP contribution in [0.5, 0.6) is 0 Å². The Bertz CT molecular complexity index is 738. The smallest absolute Gasteiger partial charge is 0.140 e. The van der Waals surface area contributed by atoms with Gasteiger partial charge in [0.1, 0.15) is 21.4 Å². The van der Waals surface area contributed by atoms with Gasteiger partial charge in [-0.2, -0.15) is 5.26 Å². The second-order valence-corrected chi connectivity index (χ2v) is 5.22. The fourth-order valence-electron chi connectivity index (χ4n) is 1.96. The summed E-state index contributed by atoms with van der Waals surface area (Å²) in [5, 5.41) is 11.1. The van der Waals surface area contributed by atoms with Gasteiger partial charge in [-0.3, -0.25) is 4.99 Å². The lowest BCUT2D eigenvalue weighted by molar-refractivity contribution is 0.893. The molecule has 5 nitrogen and oxygen atoms in total. The van der Waals surface area contributed by atoms with Gasteiger partial charge < -0.3 is 0 Å². The first-order valence-electron chi connectivity index (χ1n) is 5.98. The summed E-state index contributed by atoms with van der Waals surface area (Å²) < 4.78 is 0.923. The van der Waals surface area contributed by atoms with Crippen molar-refractivity contribution >= 4 is 17.4 Å². The van der Waals surface area contributed by atoms with Crippen LogP contribution in [-0.4, -0.2) is 21.5 Å². The second-order valence-electron chi connectivity index (χ2n) is 4.21. The highest BCUT2D eigenvalue weighted by molar-refractivity contribution is 7.09. The monoisotopic (exact) mass is 269 g/mol. The topological polar surface area (TPSA) is 74.8 Å². The number of nitriles is 1. The minimum absolute atomic E-state index is 0.444. The first-order valence-corrected chi connectivity index (χ1v) is 6.80. The minimum atomic E-state index is -0.444. The quantitative estimate of drug-likeness (QED) is 0.804. The number of hydrogen-bond acceptors (Lipinski definition) is 6. The lowest BCUT2D eigenvalue weighted by atomic mass is 10.1. The fraction of sp³-hybridized carbons (Fsp3) is 0.308. The molecule has 0 fully saturated rings. The molecule has 1 aliphatic rings. The Morgan fingerprint density at radius 3 is 3.05 bits per heavy atom. The number of aryl methyl sites for hydroxylation is 1. The van der Waals surface area contributed by atoms with Crippen LogP contribution < -0.4 is 10.0 Å². The van der Waals surface area contributed by atoms with Crippen molar-refractivity contribution in [3.8, 4) is 6.07 Å². The van der Waals surface area contributed by atoms with Crippen LogP contribution in [-0.2, 0) is 0 Å². The van der Waals surface area contributed by atoms with E-state index in [0.29, 0.717) is 11.5 Å². The second kappa shape index (κ2) is 4.86. The molecule has 94 valence electrons. The standard InChI is InChI=1S/C13H11N5S/c1-8-15-6-4-10(17-8)9(7-14)12-18-11-3-2-5-16-13(11)19-12/h3-4,6,9H,2,5H2,1H3. The molecule has 19 heavy (non-hydrogen) atoms. The van der Waals surface area contributed by atoms with Crippen molar-refractivity contribution in [1.82, 2.24) is 15.0 Å². The van der Waals surface area contributed by atoms with Crippen LogP contribution >= 0.6 is 11.3 Å². The van der Waals surface area contributed by atoms with Crippen LogP contribution in [0.4, 0.5) is 0 Å². The maximum atomic E-state index is 9.40. The van der Waals surface area contributed by atoms with Crippen LogP contribution in [0.25, 0.3) is 6.08 Å². The largest absolute Gasteiger partial charge is 0.272 e. The summed E-state index contributed by atoms with van der Waals surface area (Å²) in [4.78, 5) is 17.3. The molecule has 0 bridgehead atoms. The Morgan fingerprint density at radius 1 is 1.42 bits per heavy atom. The Hall–Kier alpha value is -2.13. The van der Waals surface area contributed by atoms with Crippen molar-refractivity contribution in [2.75, 3.05) is 6.54 Å². The van der Waals surface area contributed by atoms with Gasteiger partial charge in [-0.1, -0.05) is 17.4 Å². The molecule has 0 saturated carbocycles. The van der Waals surface area contributed by atoms with E-state index in [4.69, 9.17) is 0 Å². The molecule has 2 aromatic heterocycles. The molecule has 0 N–H and O–H groups in total. The van der Waals surface area contributed by atoms with E-state index in [9.17, 15) is 5.26 Å².